The van der Waals surface area contributed by atoms with Crippen LogP contribution in [-0.4, -0.2) is 41.2 Å². The number of aromatic nitrogens is 2. The van der Waals surface area contributed by atoms with E-state index < -0.39 is 57.3 Å². The molecule has 0 N–H and O–H groups in total. The number of halogens is 5. The predicted molar refractivity (Wildman–Crippen MR) is 93.2 cm³/mol. The lowest BCUT2D eigenvalue weighted by molar-refractivity contribution is -0.153. The molecule has 0 bridgehead atoms. The van der Waals surface area contributed by atoms with Crippen molar-refractivity contribution in [2.24, 2.45) is 7.05 Å². The van der Waals surface area contributed by atoms with Crippen LogP contribution in [0.2, 0.25) is 5.02 Å². The molecule has 1 aromatic carbocycles. The van der Waals surface area contributed by atoms with E-state index in [2.05, 4.69) is 0 Å². The highest BCUT2D eigenvalue weighted by atomic mass is 35.5. The van der Waals surface area contributed by atoms with Crippen molar-refractivity contribution in [1.82, 2.24) is 9.13 Å². The molecule has 2 aromatic rings. The molecule has 3 rings (SSSR count). The summed E-state index contributed by atoms with van der Waals surface area (Å²) < 4.78 is 68.8. The summed E-state index contributed by atoms with van der Waals surface area (Å²) in [6, 6.07) is 1.54. The Morgan fingerprint density at radius 3 is 2.43 bits per heavy atom. The first-order valence-electron chi connectivity index (χ1n) is 8.27. The van der Waals surface area contributed by atoms with Gasteiger partial charge in [-0.05, 0) is 12.1 Å². The maximum atomic E-state index is 14.5. The van der Waals surface area contributed by atoms with Gasteiger partial charge in [0.15, 0.2) is 0 Å². The van der Waals surface area contributed by atoms with E-state index >= 15 is 0 Å². The fourth-order valence-corrected chi connectivity index (χ4v) is 2.96. The third-order valence-electron chi connectivity index (χ3n) is 4.16. The number of nitrogens with zero attached hydrogens (tertiary/aromatic N) is 2. The molecule has 0 saturated carbocycles. The second-order valence-corrected chi connectivity index (χ2v) is 6.62. The van der Waals surface area contributed by atoms with Crippen molar-refractivity contribution in [3.05, 3.63) is 61.1 Å². The van der Waals surface area contributed by atoms with Crippen LogP contribution in [0.3, 0.4) is 0 Å². The van der Waals surface area contributed by atoms with Gasteiger partial charge in [0.2, 0.25) is 0 Å². The summed E-state index contributed by atoms with van der Waals surface area (Å²) in [6.45, 7) is 0.0995. The van der Waals surface area contributed by atoms with Crippen LogP contribution >= 0.6 is 11.6 Å². The van der Waals surface area contributed by atoms with Crippen LogP contribution in [0.15, 0.2) is 27.8 Å². The van der Waals surface area contributed by atoms with Gasteiger partial charge in [-0.3, -0.25) is 9.36 Å². The van der Waals surface area contributed by atoms with Gasteiger partial charge in [-0.25, -0.2) is 18.5 Å². The number of carbonyl (C=O) groups excluding carboxylic acids is 1. The van der Waals surface area contributed by atoms with Gasteiger partial charge in [0.1, 0.15) is 24.4 Å². The van der Waals surface area contributed by atoms with E-state index in [1.165, 1.54) is 0 Å². The molecule has 30 heavy (non-hydrogen) atoms. The van der Waals surface area contributed by atoms with E-state index in [1.807, 2.05) is 0 Å². The number of hydrogen-bond donors (Lipinski definition) is 0. The van der Waals surface area contributed by atoms with Gasteiger partial charge >= 0.3 is 17.8 Å². The molecule has 0 spiro atoms. The summed E-state index contributed by atoms with van der Waals surface area (Å²) in [5.41, 5.74) is -5.60. The zero-order chi connectivity index (χ0) is 22.2. The minimum atomic E-state index is -4.98. The first-order valence-corrected chi connectivity index (χ1v) is 8.64. The minimum absolute atomic E-state index is 0.0234. The Hall–Kier alpha value is -2.70. The zero-order valence-electron chi connectivity index (χ0n) is 15.2. The van der Waals surface area contributed by atoms with Crippen molar-refractivity contribution in [1.29, 1.82) is 0 Å². The third-order valence-corrected chi connectivity index (χ3v) is 4.47. The fraction of sp³-hybridized carbons (Fsp3) is 0.353. The molecule has 13 heteroatoms. The van der Waals surface area contributed by atoms with Crippen molar-refractivity contribution >= 4 is 17.6 Å². The maximum absolute atomic E-state index is 14.5. The van der Waals surface area contributed by atoms with Gasteiger partial charge in [-0.2, -0.15) is 13.2 Å². The third kappa shape index (κ3) is 4.25. The van der Waals surface area contributed by atoms with Gasteiger partial charge in [0, 0.05) is 13.1 Å². The average molecular weight is 453 g/mol. The van der Waals surface area contributed by atoms with E-state index in [0.29, 0.717) is 6.07 Å². The smallest absolute Gasteiger partial charge is 0.431 e. The van der Waals surface area contributed by atoms with Crippen LogP contribution in [-0.2, 0) is 27.4 Å². The van der Waals surface area contributed by atoms with E-state index in [4.69, 9.17) is 25.8 Å². The lowest BCUT2D eigenvalue weighted by Gasteiger charge is -2.22. The Morgan fingerprint density at radius 1 is 1.20 bits per heavy atom. The van der Waals surface area contributed by atoms with Crippen molar-refractivity contribution in [3.8, 4) is 5.69 Å². The average Bonchev–Trinajstić information content (AvgIpc) is 2.66. The largest absolute Gasteiger partial charge is 0.454 e. The Labute approximate surface area is 170 Å². The van der Waals surface area contributed by atoms with Crippen molar-refractivity contribution in [2.45, 2.75) is 12.3 Å². The molecule has 0 radical (unpaired) electrons. The van der Waals surface area contributed by atoms with Crippen LogP contribution in [0.4, 0.5) is 17.6 Å². The quantitative estimate of drug-likeness (QED) is 0.522. The molecule has 8 nitrogen and oxygen atoms in total. The monoisotopic (exact) mass is 452 g/mol. The molecule has 1 aliphatic rings. The van der Waals surface area contributed by atoms with Crippen LogP contribution in [0.5, 0.6) is 0 Å². The number of carbonyl (C=O) groups is 1. The molecule has 0 amide bonds. The Bertz CT molecular complexity index is 1110. The Kier molecular flexibility index (Phi) is 6.01. The lowest BCUT2D eigenvalue weighted by Crippen LogP contribution is -2.41. The van der Waals surface area contributed by atoms with Gasteiger partial charge in [-0.15, -0.1) is 0 Å². The first-order chi connectivity index (χ1) is 14.0. The van der Waals surface area contributed by atoms with E-state index in [1.54, 1.807) is 0 Å². The second-order valence-electron chi connectivity index (χ2n) is 6.21. The number of rotatable bonds is 3. The zero-order valence-corrected chi connectivity index (χ0v) is 15.9. The van der Waals surface area contributed by atoms with E-state index in [-0.39, 0.29) is 35.2 Å². The van der Waals surface area contributed by atoms with Crippen LogP contribution < -0.4 is 11.2 Å². The number of hydrogen-bond acceptors (Lipinski definition) is 6. The molecule has 1 saturated heterocycles. The second kappa shape index (κ2) is 8.20. The number of benzene rings is 1. The van der Waals surface area contributed by atoms with E-state index in [0.717, 1.165) is 13.1 Å². The molecular weight excluding hydrogens is 440 g/mol. The predicted octanol–water partition coefficient (Wildman–Crippen LogP) is 1.88. The standard InChI is InChI=1S/C17H13ClF4N2O6/c1-23-13(17(20,21)22)4-14(25)24(16(23)27)12-2-9(10(18)3-11(12)19)15(26)30-8-5-28-7-29-6-8/h2-4,8H,5-7H2,1H3. The van der Waals surface area contributed by atoms with Crippen LogP contribution in [0.1, 0.15) is 16.1 Å². The highest BCUT2D eigenvalue weighted by molar-refractivity contribution is 6.33. The molecule has 1 aliphatic heterocycles. The lowest BCUT2D eigenvalue weighted by atomic mass is 10.2. The molecule has 162 valence electrons. The van der Waals surface area contributed by atoms with Crippen LogP contribution in [0.25, 0.3) is 5.69 Å². The highest BCUT2D eigenvalue weighted by Gasteiger charge is 2.35. The fourth-order valence-electron chi connectivity index (χ4n) is 2.73. The van der Waals surface area contributed by atoms with Gasteiger partial charge in [0.25, 0.3) is 5.56 Å². The van der Waals surface area contributed by atoms with Crippen molar-refractivity contribution < 1.29 is 36.6 Å². The molecular formula is C17H13ClF4N2O6. The van der Waals surface area contributed by atoms with Gasteiger partial charge in [-0.1, -0.05) is 11.6 Å². The topological polar surface area (TPSA) is 88.8 Å². The summed E-state index contributed by atoms with van der Waals surface area (Å²) in [5, 5.41) is -0.393. The summed E-state index contributed by atoms with van der Waals surface area (Å²) in [6.07, 6.45) is -5.76. The van der Waals surface area contributed by atoms with Crippen molar-refractivity contribution in [2.75, 3.05) is 20.0 Å². The molecule has 0 aliphatic carbocycles. The molecule has 2 heterocycles. The Morgan fingerprint density at radius 2 is 1.83 bits per heavy atom. The Balaban J connectivity index is 2.08. The minimum Gasteiger partial charge on any atom is -0.454 e. The number of alkyl halides is 3. The summed E-state index contributed by atoms with van der Waals surface area (Å²) in [4.78, 5) is 37.0. The number of esters is 1. The molecule has 0 unspecified atom stereocenters. The first kappa shape index (κ1) is 22.0. The van der Waals surface area contributed by atoms with Crippen molar-refractivity contribution in [3.63, 3.8) is 0 Å². The summed E-state index contributed by atoms with van der Waals surface area (Å²) >= 11 is 5.87. The van der Waals surface area contributed by atoms with Crippen LogP contribution in [0, 0.1) is 5.82 Å². The molecule has 1 aromatic heterocycles. The maximum Gasteiger partial charge on any atom is 0.431 e. The number of ether oxygens (including phenoxy) is 3. The molecule has 1 fully saturated rings. The van der Waals surface area contributed by atoms with Gasteiger partial charge in [0.05, 0.1) is 29.5 Å². The summed E-state index contributed by atoms with van der Waals surface area (Å²) in [5.74, 6) is -2.24. The van der Waals surface area contributed by atoms with Gasteiger partial charge < -0.3 is 14.2 Å². The van der Waals surface area contributed by atoms with E-state index in [9.17, 15) is 31.9 Å². The normalized spacial score (nSPS) is 15.3. The SMILES string of the molecule is Cn1c(C(F)(F)F)cc(=O)n(-c2cc(C(=O)OC3COCOC3)c(Cl)cc2F)c1=O. The molecule has 0 atom stereocenters. The summed E-state index contributed by atoms with van der Waals surface area (Å²) in [7, 11) is 0.771. The highest BCUT2D eigenvalue weighted by Crippen LogP contribution is 2.28.